The van der Waals surface area contributed by atoms with Crippen molar-refractivity contribution in [3.05, 3.63) is 0 Å². The van der Waals surface area contributed by atoms with E-state index >= 15 is 0 Å². The van der Waals surface area contributed by atoms with E-state index in [1.165, 1.54) is 19.3 Å². The van der Waals surface area contributed by atoms with Gasteiger partial charge in [-0.2, -0.15) is 0 Å². The highest BCUT2D eigenvalue weighted by atomic mass is 127. The molecular weight excluding hydrogens is 251 g/mol. The van der Waals surface area contributed by atoms with Crippen molar-refractivity contribution >= 4 is 22.6 Å². The lowest BCUT2D eigenvalue weighted by molar-refractivity contribution is 0.0837. The second-order valence-electron chi connectivity index (χ2n) is 3.07. The molecule has 0 aliphatic rings. The summed E-state index contributed by atoms with van der Waals surface area (Å²) in [4.78, 5) is 0. The van der Waals surface area contributed by atoms with Gasteiger partial charge in [0.1, 0.15) is 6.10 Å². The minimum Gasteiger partial charge on any atom is -0.232 e. The summed E-state index contributed by atoms with van der Waals surface area (Å²) >= 11 is 2.22. The Kier molecular flexibility index (Phi) is 7.81. The molecule has 0 rings (SSSR count). The summed E-state index contributed by atoms with van der Waals surface area (Å²) in [6.07, 6.45) is 5.41. The first-order valence-corrected chi connectivity index (χ1v) is 5.73. The maximum absolute atomic E-state index is 11.2. The van der Waals surface area contributed by atoms with Crippen LogP contribution >= 0.6 is 22.6 Å². The van der Waals surface area contributed by atoms with Gasteiger partial charge >= 0.3 is 0 Å². The van der Waals surface area contributed by atoms with Gasteiger partial charge in [0.2, 0.25) is 0 Å². The molecule has 1 radical (unpaired) electrons. The first-order chi connectivity index (χ1) is 5.18. The number of hydrogen-bond donors (Lipinski definition) is 0. The summed E-state index contributed by atoms with van der Waals surface area (Å²) in [6, 6.07) is 0. The van der Waals surface area contributed by atoms with Crippen molar-refractivity contribution in [3.63, 3.8) is 0 Å². The second-order valence-corrected chi connectivity index (χ2v) is 5.03. The topological polar surface area (TPSA) is 19.9 Å². The van der Waals surface area contributed by atoms with E-state index in [0.717, 1.165) is 12.8 Å². The Morgan fingerprint density at radius 2 is 1.91 bits per heavy atom. The summed E-state index contributed by atoms with van der Waals surface area (Å²) in [6.45, 7) is 4.19. The Morgan fingerprint density at radius 1 is 1.27 bits per heavy atom. The van der Waals surface area contributed by atoms with Crippen LogP contribution in [-0.4, -0.2) is 10.0 Å². The predicted molar refractivity (Wildman–Crippen MR) is 56.7 cm³/mol. The molecule has 0 fully saturated rings. The Labute approximate surface area is 83.7 Å². The van der Waals surface area contributed by atoms with Crippen LogP contribution in [0.1, 0.15) is 46.0 Å². The van der Waals surface area contributed by atoms with Gasteiger partial charge in [0.25, 0.3) is 0 Å². The maximum atomic E-state index is 11.2. The van der Waals surface area contributed by atoms with Crippen LogP contribution in [0.2, 0.25) is 0 Å². The lowest BCUT2D eigenvalue weighted by Gasteiger charge is -2.09. The van der Waals surface area contributed by atoms with E-state index in [9.17, 15) is 5.11 Å². The van der Waals surface area contributed by atoms with E-state index < -0.39 is 0 Å². The average molecular weight is 269 g/mol. The van der Waals surface area contributed by atoms with Crippen molar-refractivity contribution in [2.24, 2.45) is 0 Å². The molecule has 0 bridgehead atoms. The Morgan fingerprint density at radius 3 is 2.36 bits per heavy atom. The minimum atomic E-state index is -0.340. The fourth-order valence-electron chi connectivity index (χ4n) is 1.00. The van der Waals surface area contributed by atoms with Gasteiger partial charge in [-0.15, -0.1) is 0 Å². The lowest BCUT2D eigenvalue weighted by atomic mass is 10.1. The van der Waals surface area contributed by atoms with Crippen LogP contribution < -0.4 is 0 Å². The molecule has 2 heteroatoms. The highest BCUT2D eigenvalue weighted by Crippen LogP contribution is 2.13. The third-order valence-electron chi connectivity index (χ3n) is 1.85. The molecule has 0 aliphatic carbocycles. The van der Waals surface area contributed by atoms with E-state index in [1.54, 1.807) is 0 Å². The molecule has 0 aliphatic heterocycles. The third-order valence-corrected chi connectivity index (χ3v) is 2.66. The molecule has 11 heavy (non-hydrogen) atoms. The van der Waals surface area contributed by atoms with Gasteiger partial charge < -0.3 is 0 Å². The van der Waals surface area contributed by atoms with Crippen molar-refractivity contribution in [3.8, 4) is 0 Å². The molecule has 0 spiro atoms. The zero-order valence-electron chi connectivity index (χ0n) is 7.48. The Balaban J connectivity index is 3.10. The monoisotopic (exact) mass is 269 g/mol. The zero-order valence-corrected chi connectivity index (χ0v) is 9.63. The summed E-state index contributed by atoms with van der Waals surface area (Å²) in [5.74, 6) is 0. The van der Waals surface area contributed by atoms with Gasteiger partial charge in [-0.3, -0.25) is 0 Å². The van der Waals surface area contributed by atoms with Crippen molar-refractivity contribution in [2.75, 3.05) is 0 Å². The molecule has 0 aromatic rings. The molecule has 0 saturated heterocycles. The van der Waals surface area contributed by atoms with Gasteiger partial charge in [0, 0.05) is 3.92 Å². The number of alkyl halides is 1. The van der Waals surface area contributed by atoms with Crippen molar-refractivity contribution in [2.45, 2.75) is 56.0 Å². The highest BCUT2D eigenvalue weighted by Gasteiger charge is 2.10. The van der Waals surface area contributed by atoms with Gasteiger partial charge in [0.05, 0.1) is 0 Å². The molecule has 2 atom stereocenters. The lowest BCUT2D eigenvalue weighted by Crippen LogP contribution is -2.14. The number of halogens is 1. The second kappa shape index (κ2) is 7.35. The van der Waals surface area contributed by atoms with Crippen LogP contribution in [0, 0.1) is 0 Å². The van der Waals surface area contributed by atoms with E-state index in [2.05, 4.69) is 29.5 Å². The van der Waals surface area contributed by atoms with E-state index in [1.807, 2.05) is 6.92 Å². The smallest absolute Gasteiger partial charge is 0.104 e. The van der Waals surface area contributed by atoms with E-state index in [-0.39, 0.29) is 10.0 Å². The Hall–Kier alpha value is 0.690. The SMILES string of the molecule is CCCCCCC([O])C(C)I. The van der Waals surface area contributed by atoms with E-state index in [4.69, 9.17) is 0 Å². The van der Waals surface area contributed by atoms with Gasteiger partial charge in [-0.1, -0.05) is 62.1 Å². The molecule has 0 aromatic carbocycles. The highest BCUT2D eigenvalue weighted by molar-refractivity contribution is 14.1. The van der Waals surface area contributed by atoms with Crippen LogP contribution in [0.4, 0.5) is 0 Å². The van der Waals surface area contributed by atoms with Crippen LogP contribution in [0.25, 0.3) is 0 Å². The van der Waals surface area contributed by atoms with Crippen LogP contribution in [0.3, 0.4) is 0 Å². The first-order valence-electron chi connectivity index (χ1n) is 4.48. The molecule has 0 N–H and O–H groups in total. The molecule has 67 valence electrons. The molecule has 0 saturated carbocycles. The van der Waals surface area contributed by atoms with Crippen LogP contribution in [0.15, 0.2) is 0 Å². The maximum Gasteiger partial charge on any atom is 0.104 e. The van der Waals surface area contributed by atoms with Gasteiger partial charge in [-0.05, 0) is 6.42 Å². The van der Waals surface area contributed by atoms with Crippen LogP contribution in [-0.2, 0) is 5.11 Å². The summed E-state index contributed by atoms with van der Waals surface area (Å²) in [5.41, 5.74) is 0. The summed E-state index contributed by atoms with van der Waals surface area (Å²) < 4.78 is 0.286. The molecule has 2 unspecified atom stereocenters. The molecule has 0 aromatic heterocycles. The normalized spacial score (nSPS) is 16.4. The standard InChI is InChI=1S/C9H18IO/c1-3-4-5-6-7-9(11)8(2)10/h8-9H,3-7H2,1-2H3. The van der Waals surface area contributed by atoms with Crippen molar-refractivity contribution in [1.29, 1.82) is 0 Å². The quantitative estimate of drug-likeness (QED) is 0.399. The largest absolute Gasteiger partial charge is 0.232 e. The van der Waals surface area contributed by atoms with Gasteiger partial charge in [-0.25, -0.2) is 5.11 Å². The summed E-state index contributed by atoms with van der Waals surface area (Å²) in [7, 11) is 0. The number of rotatable bonds is 6. The predicted octanol–water partition coefficient (Wildman–Crippen LogP) is 3.58. The molecule has 1 nitrogen and oxygen atoms in total. The van der Waals surface area contributed by atoms with Crippen molar-refractivity contribution in [1.82, 2.24) is 0 Å². The zero-order chi connectivity index (χ0) is 8.69. The summed E-state index contributed by atoms with van der Waals surface area (Å²) in [5, 5.41) is 11.2. The molecule has 0 amide bonds. The average Bonchev–Trinajstić information content (AvgIpc) is 1.97. The van der Waals surface area contributed by atoms with Crippen LogP contribution in [0.5, 0.6) is 0 Å². The fourth-order valence-corrected chi connectivity index (χ4v) is 1.36. The van der Waals surface area contributed by atoms with Gasteiger partial charge in [0.15, 0.2) is 0 Å². The van der Waals surface area contributed by atoms with E-state index in [0.29, 0.717) is 0 Å². The first kappa shape index (κ1) is 11.7. The minimum absolute atomic E-state index is 0.286. The Bertz CT molecular complexity index is 83.6. The number of unbranched alkanes of at least 4 members (excludes halogenated alkanes) is 3. The fraction of sp³-hybridized carbons (Fsp3) is 1.00. The number of hydrogen-bond acceptors (Lipinski definition) is 0. The van der Waals surface area contributed by atoms with Crippen molar-refractivity contribution < 1.29 is 5.11 Å². The third kappa shape index (κ3) is 7.06. The molecule has 0 heterocycles. The molecular formula is C9H18IO.